The van der Waals surface area contributed by atoms with Gasteiger partial charge in [0.1, 0.15) is 19.5 Å². The molecule has 1 amide bonds. The van der Waals surface area contributed by atoms with Crippen LogP contribution in [0.3, 0.4) is 0 Å². The van der Waals surface area contributed by atoms with E-state index in [1.54, 1.807) is 4.90 Å². The predicted molar refractivity (Wildman–Crippen MR) is 105 cm³/mol. The second-order valence-electron chi connectivity index (χ2n) is 6.46. The standard InChI is InChI=1S/C21H23ClN2O3/c22-19-8-6-18(7-9-19)21(17-4-2-1-3-5-17)24-12-10-23(11-13-24)20(26)16-27-15-14-25/h1-9,14,21H,10-13,15-16H2/t21-/m1/s1. The Kier molecular flexibility index (Phi) is 6.98. The monoisotopic (exact) mass is 386 g/mol. The number of rotatable bonds is 7. The summed E-state index contributed by atoms with van der Waals surface area (Å²) in [5.74, 6) is -0.0701. The highest BCUT2D eigenvalue weighted by Crippen LogP contribution is 2.30. The van der Waals surface area contributed by atoms with E-state index in [4.69, 9.17) is 16.3 Å². The van der Waals surface area contributed by atoms with Crippen molar-refractivity contribution in [3.63, 3.8) is 0 Å². The van der Waals surface area contributed by atoms with Crippen molar-refractivity contribution in [3.8, 4) is 0 Å². The van der Waals surface area contributed by atoms with Crippen molar-refractivity contribution in [3.05, 3.63) is 70.7 Å². The Morgan fingerprint density at radius 2 is 1.63 bits per heavy atom. The summed E-state index contributed by atoms with van der Waals surface area (Å²) in [6.45, 7) is 2.72. The lowest BCUT2D eigenvalue weighted by atomic mass is 9.96. The van der Waals surface area contributed by atoms with Crippen molar-refractivity contribution in [2.24, 2.45) is 0 Å². The van der Waals surface area contributed by atoms with Crippen LogP contribution in [0.2, 0.25) is 5.02 Å². The van der Waals surface area contributed by atoms with Crippen LogP contribution < -0.4 is 0 Å². The third-order valence-corrected chi connectivity index (χ3v) is 5.00. The van der Waals surface area contributed by atoms with Gasteiger partial charge in [-0.3, -0.25) is 9.69 Å². The molecule has 3 rings (SSSR count). The molecule has 1 heterocycles. The van der Waals surface area contributed by atoms with E-state index >= 15 is 0 Å². The molecule has 1 aliphatic heterocycles. The molecular weight excluding hydrogens is 364 g/mol. The molecule has 1 atom stereocenters. The summed E-state index contributed by atoms with van der Waals surface area (Å²) in [7, 11) is 0. The highest BCUT2D eigenvalue weighted by molar-refractivity contribution is 6.30. The third-order valence-electron chi connectivity index (χ3n) is 4.74. The van der Waals surface area contributed by atoms with E-state index in [1.807, 2.05) is 30.3 Å². The smallest absolute Gasteiger partial charge is 0.248 e. The van der Waals surface area contributed by atoms with E-state index in [2.05, 4.69) is 29.2 Å². The van der Waals surface area contributed by atoms with Gasteiger partial charge in [0.2, 0.25) is 5.91 Å². The van der Waals surface area contributed by atoms with Crippen molar-refractivity contribution in [2.45, 2.75) is 6.04 Å². The summed E-state index contributed by atoms with van der Waals surface area (Å²) in [4.78, 5) is 26.7. The van der Waals surface area contributed by atoms with Crippen LogP contribution in [0.1, 0.15) is 17.2 Å². The lowest BCUT2D eigenvalue weighted by Crippen LogP contribution is -2.50. The first-order chi connectivity index (χ1) is 13.2. The Morgan fingerprint density at radius 3 is 2.26 bits per heavy atom. The van der Waals surface area contributed by atoms with Crippen LogP contribution >= 0.6 is 11.6 Å². The maximum Gasteiger partial charge on any atom is 0.248 e. The van der Waals surface area contributed by atoms with Crippen LogP contribution in [-0.2, 0) is 14.3 Å². The van der Waals surface area contributed by atoms with Gasteiger partial charge in [0, 0.05) is 31.2 Å². The Balaban J connectivity index is 1.70. The molecule has 0 N–H and O–H groups in total. The number of piperazine rings is 1. The normalized spacial score (nSPS) is 16.1. The average molecular weight is 387 g/mol. The van der Waals surface area contributed by atoms with Gasteiger partial charge in [-0.1, -0.05) is 54.1 Å². The van der Waals surface area contributed by atoms with Crippen molar-refractivity contribution >= 4 is 23.8 Å². The first kappa shape index (κ1) is 19.5. The van der Waals surface area contributed by atoms with Crippen LogP contribution in [0.15, 0.2) is 54.6 Å². The average Bonchev–Trinajstić information content (AvgIpc) is 2.71. The Bertz CT molecular complexity index is 744. The molecule has 142 valence electrons. The van der Waals surface area contributed by atoms with Crippen LogP contribution in [0, 0.1) is 0 Å². The molecule has 0 bridgehead atoms. The molecule has 1 saturated heterocycles. The molecule has 2 aromatic rings. The first-order valence-corrected chi connectivity index (χ1v) is 9.40. The van der Waals surface area contributed by atoms with Gasteiger partial charge >= 0.3 is 0 Å². The second kappa shape index (κ2) is 9.65. The molecule has 0 saturated carbocycles. The van der Waals surface area contributed by atoms with Crippen LogP contribution in [0.25, 0.3) is 0 Å². The molecule has 27 heavy (non-hydrogen) atoms. The lowest BCUT2D eigenvalue weighted by Gasteiger charge is -2.39. The van der Waals surface area contributed by atoms with E-state index < -0.39 is 0 Å². The fraction of sp³-hybridized carbons (Fsp3) is 0.333. The summed E-state index contributed by atoms with van der Waals surface area (Å²) in [5.41, 5.74) is 2.40. The van der Waals surface area contributed by atoms with Crippen molar-refractivity contribution in [1.82, 2.24) is 9.80 Å². The molecular formula is C21H23ClN2O3. The van der Waals surface area contributed by atoms with Crippen LogP contribution in [0.4, 0.5) is 0 Å². The Hall–Kier alpha value is -2.21. The third kappa shape index (κ3) is 5.16. The zero-order valence-electron chi connectivity index (χ0n) is 15.1. The van der Waals surface area contributed by atoms with E-state index in [1.165, 1.54) is 11.1 Å². The molecule has 2 aromatic carbocycles. The summed E-state index contributed by atoms with van der Waals surface area (Å²) < 4.78 is 5.04. The largest absolute Gasteiger partial charge is 0.364 e. The number of carbonyl (C=O) groups is 2. The second-order valence-corrected chi connectivity index (χ2v) is 6.90. The van der Waals surface area contributed by atoms with E-state index in [9.17, 15) is 9.59 Å². The summed E-state index contributed by atoms with van der Waals surface area (Å²) >= 11 is 6.06. The number of halogens is 1. The van der Waals surface area contributed by atoms with Gasteiger partial charge in [0.05, 0.1) is 6.04 Å². The molecule has 0 spiro atoms. The van der Waals surface area contributed by atoms with E-state index in [-0.39, 0.29) is 25.2 Å². The van der Waals surface area contributed by atoms with E-state index in [0.717, 1.165) is 18.1 Å². The van der Waals surface area contributed by atoms with Crippen LogP contribution in [0.5, 0.6) is 0 Å². The topological polar surface area (TPSA) is 49.9 Å². The molecule has 0 aromatic heterocycles. The quantitative estimate of drug-likeness (QED) is 0.542. The maximum absolute atomic E-state index is 12.2. The predicted octanol–water partition coefficient (Wildman–Crippen LogP) is 2.79. The molecule has 0 aliphatic carbocycles. The number of hydrogen-bond donors (Lipinski definition) is 0. The number of benzene rings is 2. The van der Waals surface area contributed by atoms with E-state index in [0.29, 0.717) is 19.4 Å². The lowest BCUT2D eigenvalue weighted by molar-refractivity contribution is -0.138. The Morgan fingerprint density at radius 1 is 1.00 bits per heavy atom. The minimum absolute atomic E-state index is 0.0433. The van der Waals surface area contributed by atoms with Gasteiger partial charge in [-0.25, -0.2) is 0 Å². The van der Waals surface area contributed by atoms with Gasteiger partial charge in [0.15, 0.2) is 0 Å². The Labute approximate surface area is 164 Å². The molecule has 1 fully saturated rings. The molecule has 1 aliphatic rings. The fourth-order valence-corrected chi connectivity index (χ4v) is 3.54. The maximum atomic E-state index is 12.2. The number of ether oxygens (including phenoxy) is 1. The van der Waals surface area contributed by atoms with Crippen LogP contribution in [-0.4, -0.2) is 61.4 Å². The summed E-state index contributed by atoms with van der Waals surface area (Å²) in [6, 6.07) is 18.4. The minimum atomic E-state index is -0.0701. The molecule has 6 heteroatoms. The van der Waals surface area contributed by atoms with Crippen molar-refractivity contribution < 1.29 is 14.3 Å². The highest BCUT2D eigenvalue weighted by atomic mass is 35.5. The van der Waals surface area contributed by atoms with Gasteiger partial charge in [0.25, 0.3) is 0 Å². The number of carbonyl (C=O) groups excluding carboxylic acids is 2. The van der Waals surface area contributed by atoms with Crippen molar-refractivity contribution in [1.29, 1.82) is 0 Å². The van der Waals surface area contributed by atoms with Gasteiger partial charge < -0.3 is 14.4 Å². The van der Waals surface area contributed by atoms with Crippen molar-refractivity contribution in [2.75, 3.05) is 39.4 Å². The molecule has 5 nitrogen and oxygen atoms in total. The number of amides is 1. The van der Waals surface area contributed by atoms with Gasteiger partial charge in [-0.05, 0) is 23.3 Å². The SMILES string of the molecule is O=CCOCC(=O)N1CCN([C@H](c2ccccc2)c2ccc(Cl)cc2)CC1. The minimum Gasteiger partial charge on any atom is -0.364 e. The number of nitrogens with zero attached hydrogens (tertiary/aromatic N) is 2. The fourth-order valence-electron chi connectivity index (χ4n) is 3.41. The summed E-state index contributed by atoms with van der Waals surface area (Å²) in [6.07, 6.45) is 0.655. The highest BCUT2D eigenvalue weighted by Gasteiger charge is 2.28. The van der Waals surface area contributed by atoms with Gasteiger partial charge in [-0.15, -0.1) is 0 Å². The summed E-state index contributed by atoms with van der Waals surface area (Å²) in [5, 5.41) is 0.719. The first-order valence-electron chi connectivity index (χ1n) is 9.02. The molecule has 0 unspecified atom stereocenters. The van der Waals surface area contributed by atoms with Gasteiger partial charge in [-0.2, -0.15) is 0 Å². The zero-order chi connectivity index (χ0) is 19.1. The number of aldehydes is 1. The molecule has 0 radical (unpaired) electrons. The zero-order valence-corrected chi connectivity index (χ0v) is 15.8. The number of hydrogen-bond acceptors (Lipinski definition) is 4.